The van der Waals surface area contributed by atoms with Crippen LogP contribution in [-0.4, -0.2) is 71.3 Å². The number of piperazine rings is 1. The van der Waals surface area contributed by atoms with Gasteiger partial charge in [-0.2, -0.15) is 0 Å². The number of fused-ring (bicyclic) bond motifs is 1. The van der Waals surface area contributed by atoms with Crippen molar-refractivity contribution in [2.24, 2.45) is 0 Å². The molecule has 142 valence electrons. The van der Waals surface area contributed by atoms with Crippen LogP contribution < -0.4 is 11.0 Å². The molecular weight excluding hydrogens is 337 g/mol. The van der Waals surface area contributed by atoms with Crippen molar-refractivity contribution in [2.45, 2.75) is 19.9 Å². The molecule has 0 bridgehead atoms. The van der Waals surface area contributed by atoms with E-state index in [1.54, 1.807) is 6.07 Å². The molecule has 1 saturated heterocycles. The summed E-state index contributed by atoms with van der Waals surface area (Å²) in [5, 5.41) is 2.80. The number of aromatic nitrogens is 2. The van der Waals surface area contributed by atoms with Gasteiger partial charge in [0.15, 0.2) is 0 Å². The van der Waals surface area contributed by atoms with Crippen molar-refractivity contribution in [3.63, 3.8) is 0 Å². The zero-order valence-electron chi connectivity index (χ0n) is 15.5. The van der Waals surface area contributed by atoms with Crippen molar-refractivity contribution < 1.29 is 9.18 Å². The van der Waals surface area contributed by atoms with Crippen molar-refractivity contribution in [3.8, 4) is 0 Å². The van der Waals surface area contributed by atoms with Gasteiger partial charge in [0, 0.05) is 51.4 Å². The van der Waals surface area contributed by atoms with Gasteiger partial charge in [0.2, 0.25) is 0 Å². The number of hydrogen-bond donors (Lipinski definition) is 1. The number of rotatable bonds is 4. The van der Waals surface area contributed by atoms with E-state index in [4.69, 9.17) is 0 Å². The average Bonchev–Trinajstić information content (AvgIpc) is 2.87. The summed E-state index contributed by atoms with van der Waals surface area (Å²) in [6, 6.07) is 3.43. The van der Waals surface area contributed by atoms with Crippen LogP contribution in [0.3, 0.4) is 0 Å². The lowest BCUT2D eigenvalue weighted by Crippen LogP contribution is -2.47. The molecular formula is C18H26FN5O2. The van der Waals surface area contributed by atoms with Crippen LogP contribution in [0.5, 0.6) is 0 Å². The van der Waals surface area contributed by atoms with Gasteiger partial charge in [-0.3, -0.25) is 9.47 Å². The highest BCUT2D eigenvalue weighted by molar-refractivity contribution is 5.89. The van der Waals surface area contributed by atoms with Gasteiger partial charge in [0.1, 0.15) is 5.82 Å². The largest absolute Gasteiger partial charge is 0.337 e. The Morgan fingerprint density at radius 1 is 1.19 bits per heavy atom. The number of imidazole rings is 1. The smallest absolute Gasteiger partial charge is 0.336 e. The van der Waals surface area contributed by atoms with Crippen molar-refractivity contribution in [1.29, 1.82) is 0 Å². The van der Waals surface area contributed by atoms with E-state index in [0.717, 1.165) is 37.3 Å². The highest BCUT2D eigenvalue weighted by Crippen LogP contribution is 2.18. The molecule has 1 aromatic carbocycles. The van der Waals surface area contributed by atoms with Gasteiger partial charge in [-0.1, -0.05) is 0 Å². The topological polar surface area (TPSA) is 62.5 Å². The van der Waals surface area contributed by atoms with Gasteiger partial charge in [0.05, 0.1) is 11.0 Å². The molecule has 2 aromatic rings. The summed E-state index contributed by atoms with van der Waals surface area (Å²) in [5.41, 5.74) is 0.402. The number of nitrogens with zero attached hydrogens (tertiary/aromatic N) is 4. The lowest BCUT2D eigenvalue weighted by molar-refractivity contribution is 0.155. The van der Waals surface area contributed by atoms with Gasteiger partial charge in [-0.05, 0) is 33.0 Å². The summed E-state index contributed by atoms with van der Waals surface area (Å²) in [6.45, 7) is 8.83. The zero-order valence-corrected chi connectivity index (χ0v) is 15.5. The van der Waals surface area contributed by atoms with Crippen LogP contribution in [0.25, 0.3) is 11.0 Å². The van der Waals surface area contributed by atoms with E-state index in [9.17, 15) is 14.0 Å². The molecule has 1 N–H and O–H groups in total. The first-order valence-electron chi connectivity index (χ1n) is 9.00. The number of benzene rings is 1. The molecule has 26 heavy (non-hydrogen) atoms. The fraction of sp³-hybridized carbons (Fsp3) is 0.556. The minimum absolute atomic E-state index is 0.130. The third-order valence-corrected chi connectivity index (χ3v) is 4.85. The first-order valence-corrected chi connectivity index (χ1v) is 9.00. The first kappa shape index (κ1) is 18.6. The highest BCUT2D eigenvalue weighted by atomic mass is 19.1. The summed E-state index contributed by atoms with van der Waals surface area (Å²) < 4.78 is 16.2. The maximum Gasteiger partial charge on any atom is 0.337 e. The van der Waals surface area contributed by atoms with Crippen molar-refractivity contribution in [1.82, 2.24) is 24.3 Å². The summed E-state index contributed by atoms with van der Waals surface area (Å²) in [7, 11) is 2.09. The normalized spacial score (nSPS) is 16.5. The Morgan fingerprint density at radius 2 is 1.88 bits per heavy atom. The number of nitrogens with one attached hydrogen (secondary N) is 1. The summed E-state index contributed by atoms with van der Waals surface area (Å²) >= 11 is 0. The van der Waals surface area contributed by atoms with E-state index in [-0.39, 0.29) is 6.04 Å². The molecule has 7 nitrogen and oxygen atoms in total. The van der Waals surface area contributed by atoms with E-state index in [1.165, 1.54) is 16.7 Å². The van der Waals surface area contributed by atoms with E-state index < -0.39 is 17.5 Å². The third kappa shape index (κ3) is 3.66. The second kappa shape index (κ2) is 7.59. The maximum absolute atomic E-state index is 13.7. The highest BCUT2D eigenvalue weighted by Gasteiger charge is 2.20. The third-order valence-electron chi connectivity index (χ3n) is 4.85. The quantitative estimate of drug-likeness (QED) is 0.890. The van der Waals surface area contributed by atoms with Crippen LogP contribution in [0.15, 0.2) is 23.0 Å². The Hall–Kier alpha value is -2.19. The molecule has 3 rings (SSSR count). The lowest BCUT2D eigenvalue weighted by Gasteiger charge is -2.32. The molecule has 0 saturated carbocycles. The van der Waals surface area contributed by atoms with Gasteiger partial charge >= 0.3 is 11.7 Å². The van der Waals surface area contributed by atoms with Crippen LogP contribution in [0.4, 0.5) is 9.18 Å². The van der Waals surface area contributed by atoms with E-state index in [0.29, 0.717) is 17.6 Å². The predicted octanol–water partition coefficient (Wildman–Crippen LogP) is 1.33. The minimum atomic E-state index is -0.515. The maximum atomic E-state index is 13.7. The Labute approximate surface area is 152 Å². The molecule has 0 aliphatic carbocycles. The molecule has 0 spiro atoms. The van der Waals surface area contributed by atoms with Crippen molar-refractivity contribution >= 4 is 17.1 Å². The van der Waals surface area contributed by atoms with E-state index in [2.05, 4.69) is 22.2 Å². The molecule has 2 heterocycles. The molecule has 1 aromatic heterocycles. The van der Waals surface area contributed by atoms with Crippen LogP contribution in [0.1, 0.15) is 19.9 Å². The Morgan fingerprint density at radius 3 is 2.54 bits per heavy atom. The van der Waals surface area contributed by atoms with E-state index in [1.807, 2.05) is 13.8 Å². The molecule has 0 atom stereocenters. The second-order valence-electron chi connectivity index (χ2n) is 7.09. The van der Waals surface area contributed by atoms with Gasteiger partial charge in [-0.15, -0.1) is 0 Å². The van der Waals surface area contributed by atoms with Crippen molar-refractivity contribution in [3.05, 3.63) is 34.5 Å². The van der Waals surface area contributed by atoms with Crippen LogP contribution in [-0.2, 0) is 0 Å². The Balaban J connectivity index is 1.76. The minimum Gasteiger partial charge on any atom is -0.336 e. The van der Waals surface area contributed by atoms with Gasteiger partial charge < -0.3 is 10.2 Å². The molecule has 1 aliphatic heterocycles. The fourth-order valence-electron chi connectivity index (χ4n) is 3.36. The summed E-state index contributed by atoms with van der Waals surface area (Å²) in [6.07, 6.45) is 0. The number of hydrogen-bond acceptors (Lipinski definition) is 4. The number of halogens is 1. The Bertz CT molecular complexity index is 849. The molecule has 1 aliphatic rings. The number of amides is 1. The van der Waals surface area contributed by atoms with Gasteiger partial charge in [-0.25, -0.2) is 18.5 Å². The lowest BCUT2D eigenvalue weighted by atomic mass is 10.3. The molecule has 8 heteroatoms. The second-order valence-corrected chi connectivity index (χ2v) is 7.09. The number of carbonyl (C=O) groups is 1. The van der Waals surface area contributed by atoms with Gasteiger partial charge in [0.25, 0.3) is 0 Å². The molecule has 0 radical (unpaired) electrons. The van der Waals surface area contributed by atoms with E-state index >= 15 is 0 Å². The fourth-order valence-corrected chi connectivity index (χ4v) is 3.36. The summed E-state index contributed by atoms with van der Waals surface area (Å²) in [4.78, 5) is 29.9. The monoisotopic (exact) mass is 363 g/mol. The molecule has 1 fully saturated rings. The SMILES string of the molecule is CC(C)n1c(=O)n(C(=O)NCCN2CCN(C)CC2)c2cc(F)ccc21. The van der Waals surface area contributed by atoms with Crippen LogP contribution >= 0.6 is 0 Å². The number of likely N-dealkylation sites (N-methyl/N-ethyl adjacent to an activating group) is 1. The van der Waals surface area contributed by atoms with Crippen LogP contribution in [0, 0.1) is 5.82 Å². The van der Waals surface area contributed by atoms with Crippen LogP contribution in [0.2, 0.25) is 0 Å². The predicted molar refractivity (Wildman–Crippen MR) is 99.3 cm³/mol. The van der Waals surface area contributed by atoms with Crippen molar-refractivity contribution in [2.75, 3.05) is 46.3 Å². The molecule has 0 unspecified atom stereocenters. The average molecular weight is 363 g/mol. The standard InChI is InChI=1S/C18H26FN5O2/c1-13(2)23-15-5-4-14(19)12-16(15)24(18(23)26)17(25)20-6-7-22-10-8-21(3)9-11-22/h4-5,12-13H,6-11H2,1-3H3,(H,20,25). The Kier molecular flexibility index (Phi) is 5.43. The first-order chi connectivity index (χ1) is 12.4. The summed E-state index contributed by atoms with van der Waals surface area (Å²) in [5.74, 6) is -0.475. The number of carbonyl (C=O) groups excluding carboxylic acids is 1. The zero-order chi connectivity index (χ0) is 18.8. The molecule has 1 amide bonds.